The molecule has 0 spiro atoms. The van der Waals surface area contributed by atoms with Gasteiger partial charge in [-0.25, -0.2) is 9.59 Å². The van der Waals surface area contributed by atoms with Crippen LogP contribution in [0.25, 0.3) is 11.4 Å². The topological polar surface area (TPSA) is 149 Å². The zero-order valence-electron chi connectivity index (χ0n) is 27.4. The number of likely N-dealkylation sites (tertiary alicyclic amines) is 1. The summed E-state index contributed by atoms with van der Waals surface area (Å²) in [7, 11) is 0. The number of rotatable bonds is 10. The summed E-state index contributed by atoms with van der Waals surface area (Å²) in [4.78, 5) is 35.5. The van der Waals surface area contributed by atoms with E-state index in [0.717, 1.165) is 29.7 Å². The molecule has 0 saturated carbocycles. The number of guanidine groups is 1. The minimum absolute atomic E-state index is 0.0452. The highest BCUT2D eigenvalue weighted by Gasteiger charge is 2.39. The Morgan fingerprint density at radius 3 is 2.41 bits per heavy atom. The second-order valence-corrected chi connectivity index (χ2v) is 13.2. The molecular weight excluding hydrogens is 566 g/mol. The van der Waals surface area contributed by atoms with Crippen LogP contribution < -0.4 is 10.1 Å². The van der Waals surface area contributed by atoms with Crippen LogP contribution >= 0.6 is 0 Å². The van der Waals surface area contributed by atoms with Crippen molar-refractivity contribution in [3.8, 4) is 17.1 Å². The number of carbonyl (C=O) groups is 2. The Morgan fingerprint density at radius 2 is 1.75 bits per heavy atom. The number of carbonyl (C=O) groups excluding carboxylic acids is 2. The number of nitrogens with one attached hydrogen (secondary N) is 1. The van der Waals surface area contributed by atoms with E-state index in [-0.39, 0.29) is 24.8 Å². The van der Waals surface area contributed by atoms with E-state index >= 15 is 0 Å². The maximum Gasteiger partial charge on any atom is 0.437 e. The molecule has 1 fully saturated rings. The first kappa shape index (κ1) is 34.8. The standard InChI is InChI=1S/C32H49N5O7/c1-9-10-11-12-13-14-17-41-25-16-15-22(18-21(25)2)26-33-27(44-36-26)24-19-23(38)20-37(24)28(34-29(39)42-31(3,4)5)35-30(40)43-32(6,7)8/h15-16,18,23-24,38H,9-14,17,19-20H2,1-8H3,(H,34,35,39,40)/t23-,24-/m0/s1. The van der Waals surface area contributed by atoms with Crippen molar-refractivity contribution in [3.05, 3.63) is 29.7 Å². The van der Waals surface area contributed by atoms with Gasteiger partial charge in [0.05, 0.1) is 12.7 Å². The molecule has 1 aromatic carbocycles. The van der Waals surface area contributed by atoms with Crippen LogP contribution in [0.15, 0.2) is 27.7 Å². The predicted molar refractivity (Wildman–Crippen MR) is 166 cm³/mol. The Bertz CT molecular complexity index is 1280. The molecular formula is C32H49N5O7. The highest BCUT2D eigenvalue weighted by molar-refractivity contribution is 5.99. The Morgan fingerprint density at radius 1 is 1.07 bits per heavy atom. The molecule has 0 aliphatic carbocycles. The van der Waals surface area contributed by atoms with Gasteiger partial charge in [-0.2, -0.15) is 4.98 Å². The highest BCUT2D eigenvalue weighted by Crippen LogP contribution is 2.33. The van der Waals surface area contributed by atoms with Crippen LogP contribution in [0.3, 0.4) is 0 Å². The molecule has 12 nitrogen and oxygen atoms in total. The normalized spacial score (nSPS) is 17.5. The lowest BCUT2D eigenvalue weighted by Gasteiger charge is -2.27. The molecule has 2 aromatic rings. The van der Waals surface area contributed by atoms with Gasteiger partial charge >= 0.3 is 12.2 Å². The molecule has 1 aliphatic rings. The molecule has 44 heavy (non-hydrogen) atoms. The highest BCUT2D eigenvalue weighted by atomic mass is 16.6. The number of nitrogens with zero attached hydrogens (tertiary/aromatic N) is 4. The lowest BCUT2D eigenvalue weighted by molar-refractivity contribution is 0.0552. The van der Waals surface area contributed by atoms with Crippen LogP contribution in [0.2, 0.25) is 0 Å². The van der Waals surface area contributed by atoms with Crippen LogP contribution in [-0.4, -0.2) is 68.8 Å². The van der Waals surface area contributed by atoms with Crippen molar-refractivity contribution in [2.75, 3.05) is 13.2 Å². The Hall–Kier alpha value is -3.67. The maximum absolute atomic E-state index is 12.7. The van der Waals surface area contributed by atoms with Crippen molar-refractivity contribution in [3.63, 3.8) is 0 Å². The molecule has 3 rings (SSSR count). The molecule has 0 unspecified atom stereocenters. The number of hydrogen-bond donors (Lipinski definition) is 2. The average molecular weight is 616 g/mol. The Balaban J connectivity index is 1.77. The first-order valence-corrected chi connectivity index (χ1v) is 15.5. The molecule has 1 aromatic heterocycles. The number of amides is 2. The number of unbranched alkanes of at least 4 members (excludes halogenated alkanes) is 5. The summed E-state index contributed by atoms with van der Waals surface area (Å²) in [6.45, 7) is 15.2. The summed E-state index contributed by atoms with van der Waals surface area (Å²) in [6, 6.07) is 5.04. The van der Waals surface area contributed by atoms with Crippen molar-refractivity contribution in [2.24, 2.45) is 4.99 Å². The molecule has 2 amide bonds. The Labute approximate surface area is 260 Å². The SMILES string of the molecule is CCCCCCCCOc1ccc(-c2noc([C@@H]3C[C@H](O)CN3C(=NC(=O)OC(C)(C)C)NC(=O)OC(C)(C)C)n2)cc1C. The van der Waals surface area contributed by atoms with E-state index in [4.69, 9.17) is 18.7 Å². The second kappa shape index (κ2) is 15.4. The number of aromatic nitrogens is 2. The van der Waals surface area contributed by atoms with Crippen molar-refractivity contribution in [1.82, 2.24) is 20.4 Å². The number of ether oxygens (including phenoxy) is 3. The quantitative estimate of drug-likeness (QED) is 0.168. The number of hydrogen-bond acceptors (Lipinski definition) is 9. The molecule has 2 N–H and O–H groups in total. The van der Waals surface area contributed by atoms with Gasteiger partial charge in [-0.15, -0.1) is 4.99 Å². The molecule has 1 saturated heterocycles. The van der Waals surface area contributed by atoms with E-state index < -0.39 is 35.5 Å². The van der Waals surface area contributed by atoms with Crippen molar-refractivity contribution < 1.29 is 33.4 Å². The van der Waals surface area contributed by atoms with Gasteiger partial charge in [0.2, 0.25) is 17.7 Å². The summed E-state index contributed by atoms with van der Waals surface area (Å²) < 4.78 is 22.4. The zero-order valence-corrected chi connectivity index (χ0v) is 27.4. The number of alkyl carbamates (subject to hydrolysis) is 1. The summed E-state index contributed by atoms with van der Waals surface area (Å²) in [5, 5.41) is 17.3. The van der Waals surface area contributed by atoms with Gasteiger partial charge in [0.25, 0.3) is 0 Å². The summed E-state index contributed by atoms with van der Waals surface area (Å²) in [6.07, 6.45) is 4.85. The largest absolute Gasteiger partial charge is 0.493 e. The number of β-amino-alcohol motifs (C(OH)–C–C–N with tert-alkyl or cyclic N) is 1. The molecule has 2 heterocycles. The van der Waals surface area contributed by atoms with Crippen molar-refractivity contribution in [1.29, 1.82) is 0 Å². The molecule has 244 valence electrons. The van der Waals surface area contributed by atoms with Gasteiger partial charge in [0.1, 0.15) is 23.0 Å². The molecule has 1 aliphatic heterocycles. The van der Waals surface area contributed by atoms with E-state index in [2.05, 4.69) is 27.4 Å². The number of aliphatic hydroxyl groups is 1. The van der Waals surface area contributed by atoms with E-state index in [1.165, 1.54) is 30.6 Å². The van der Waals surface area contributed by atoms with Crippen LogP contribution in [0, 0.1) is 6.92 Å². The van der Waals surface area contributed by atoms with Gasteiger partial charge in [-0.1, -0.05) is 44.2 Å². The smallest absolute Gasteiger partial charge is 0.437 e. The van der Waals surface area contributed by atoms with Crippen LogP contribution in [-0.2, 0) is 9.47 Å². The summed E-state index contributed by atoms with van der Waals surface area (Å²) in [5.74, 6) is 1.21. The third kappa shape index (κ3) is 11.1. The van der Waals surface area contributed by atoms with Crippen LogP contribution in [0.4, 0.5) is 9.59 Å². The number of aliphatic hydroxyl groups excluding tert-OH is 1. The third-order valence-electron chi connectivity index (χ3n) is 6.67. The monoisotopic (exact) mass is 615 g/mol. The van der Waals surface area contributed by atoms with Crippen LogP contribution in [0.1, 0.15) is 111 Å². The first-order valence-electron chi connectivity index (χ1n) is 15.5. The Kier molecular flexibility index (Phi) is 12.2. The van der Waals surface area contributed by atoms with Crippen molar-refractivity contribution >= 4 is 18.1 Å². The number of benzene rings is 1. The fraction of sp³-hybridized carbons (Fsp3) is 0.656. The molecule has 0 radical (unpaired) electrons. The van der Waals surface area contributed by atoms with E-state index in [1.807, 2.05) is 25.1 Å². The van der Waals surface area contributed by atoms with E-state index in [9.17, 15) is 14.7 Å². The lowest BCUT2D eigenvalue weighted by atomic mass is 10.1. The maximum atomic E-state index is 12.7. The first-order chi connectivity index (χ1) is 20.6. The summed E-state index contributed by atoms with van der Waals surface area (Å²) in [5.41, 5.74) is 0.0880. The zero-order chi connectivity index (χ0) is 32.5. The average Bonchev–Trinajstić information content (AvgIpc) is 3.53. The van der Waals surface area contributed by atoms with Gasteiger partial charge in [0, 0.05) is 18.5 Å². The van der Waals surface area contributed by atoms with Crippen molar-refractivity contribution in [2.45, 2.75) is 124 Å². The van der Waals surface area contributed by atoms with Gasteiger partial charge in [-0.3, -0.25) is 5.32 Å². The number of aryl methyl sites for hydroxylation is 1. The van der Waals surface area contributed by atoms with E-state index in [1.54, 1.807) is 41.5 Å². The lowest BCUT2D eigenvalue weighted by Crippen LogP contribution is -2.46. The summed E-state index contributed by atoms with van der Waals surface area (Å²) >= 11 is 0. The molecule has 0 bridgehead atoms. The number of aliphatic imine (C=N–C) groups is 1. The fourth-order valence-corrected chi connectivity index (χ4v) is 4.71. The third-order valence-corrected chi connectivity index (χ3v) is 6.67. The fourth-order valence-electron chi connectivity index (χ4n) is 4.71. The predicted octanol–water partition coefficient (Wildman–Crippen LogP) is 6.71. The van der Waals surface area contributed by atoms with Gasteiger partial charge < -0.3 is 28.7 Å². The second-order valence-electron chi connectivity index (χ2n) is 13.2. The minimum atomic E-state index is -0.913. The molecule has 12 heteroatoms. The van der Waals surface area contributed by atoms with Gasteiger partial charge in [-0.05, 0) is 78.6 Å². The van der Waals surface area contributed by atoms with E-state index in [0.29, 0.717) is 12.4 Å². The van der Waals surface area contributed by atoms with Crippen LogP contribution in [0.5, 0.6) is 5.75 Å². The van der Waals surface area contributed by atoms with Gasteiger partial charge in [0.15, 0.2) is 0 Å². The minimum Gasteiger partial charge on any atom is -0.493 e. The molecule has 2 atom stereocenters.